The second kappa shape index (κ2) is 6.00. The second-order valence-electron chi connectivity index (χ2n) is 4.65. The van der Waals surface area contributed by atoms with Crippen molar-refractivity contribution in [2.75, 3.05) is 23.5 Å². The van der Waals surface area contributed by atoms with Gasteiger partial charge in [0.2, 0.25) is 0 Å². The van der Waals surface area contributed by atoms with Crippen LogP contribution in [0.15, 0.2) is 18.2 Å². The number of nitrogens with one attached hydrogen (secondary N) is 2. The zero-order valence-corrected chi connectivity index (χ0v) is 12.5. The number of nitrogens with zero attached hydrogens (tertiary/aromatic N) is 1. The van der Waals surface area contributed by atoms with Crippen molar-refractivity contribution in [2.45, 2.75) is 25.8 Å². The molecule has 0 saturated carbocycles. The summed E-state index contributed by atoms with van der Waals surface area (Å²) in [5.41, 5.74) is 3.65. The molecule has 1 saturated heterocycles. The van der Waals surface area contributed by atoms with Crippen LogP contribution in [-0.4, -0.2) is 23.8 Å². The van der Waals surface area contributed by atoms with Crippen molar-refractivity contribution in [3.63, 3.8) is 0 Å². The zero-order valence-electron chi connectivity index (χ0n) is 10.2. The van der Waals surface area contributed by atoms with Crippen molar-refractivity contribution in [3.8, 4) is 0 Å². The van der Waals surface area contributed by atoms with Gasteiger partial charge in [0, 0.05) is 19.1 Å². The van der Waals surface area contributed by atoms with E-state index in [2.05, 4.69) is 59.0 Å². The highest BCUT2D eigenvalue weighted by molar-refractivity contribution is 7.18. The fourth-order valence-corrected chi connectivity index (χ4v) is 2.72. The number of hydrogen-bond acceptors (Lipinski definition) is 3. The van der Waals surface area contributed by atoms with E-state index in [0.29, 0.717) is 6.04 Å². The van der Waals surface area contributed by atoms with Crippen LogP contribution < -0.4 is 10.4 Å². The summed E-state index contributed by atoms with van der Waals surface area (Å²) < 4.78 is 2.31. The van der Waals surface area contributed by atoms with Gasteiger partial charge in [0.05, 0.1) is 11.4 Å². The number of benzene rings is 1. The van der Waals surface area contributed by atoms with Crippen LogP contribution in [-0.2, 0) is 0 Å². The maximum absolute atomic E-state index is 3.65. The van der Waals surface area contributed by atoms with Crippen molar-refractivity contribution in [1.82, 2.24) is 4.67 Å². The molecule has 0 aliphatic carbocycles. The molecule has 1 aromatic carbocycles. The summed E-state index contributed by atoms with van der Waals surface area (Å²) in [6, 6.07) is 7.04. The lowest BCUT2D eigenvalue weighted by Crippen LogP contribution is -2.34. The van der Waals surface area contributed by atoms with Crippen molar-refractivity contribution in [3.05, 3.63) is 23.8 Å². The first kappa shape index (κ1) is 13.1. The minimum Gasteiger partial charge on any atom is -0.381 e. The Kier molecular flexibility index (Phi) is 4.62. The third-order valence-electron chi connectivity index (χ3n) is 3.22. The summed E-state index contributed by atoms with van der Waals surface area (Å²) in [6.45, 7) is 4.43. The highest BCUT2D eigenvalue weighted by atomic mass is 31.0. The van der Waals surface area contributed by atoms with Gasteiger partial charge in [0.25, 0.3) is 0 Å². The molecule has 1 aliphatic heterocycles. The van der Waals surface area contributed by atoms with Crippen LogP contribution >= 0.6 is 18.8 Å². The first-order chi connectivity index (χ1) is 8.19. The predicted octanol–water partition coefficient (Wildman–Crippen LogP) is 2.86. The second-order valence-corrected chi connectivity index (χ2v) is 5.67. The standard InChI is InChI=1S/C12H21N3P2/c1-9-2-3-11(14-16)12(8-9)13-10-4-6-15(17)7-5-10/h2-3,8,10,13-14H,4-7,16-17H2,1H3. The molecule has 0 aromatic heterocycles. The van der Waals surface area contributed by atoms with Crippen LogP contribution in [0.2, 0.25) is 0 Å². The van der Waals surface area contributed by atoms with Gasteiger partial charge >= 0.3 is 0 Å². The van der Waals surface area contributed by atoms with Crippen LogP contribution in [0, 0.1) is 6.92 Å². The van der Waals surface area contributed by atoms with Crippen LogP contribution in [0.25, 0.3) is 0 Å². The van der Waals surface area contributed by atoms with Gasteiger partial charge in [-0.1, -0.05) is 15.5 Å². The lowest BCUT2D eigenvalue weighted by Gasteiger charge is -2.30. The Morgan fingerprint density at radius 1 is 1.24 bits per heavy atom. The molecular weight excluding hydrogens is 248 g/mol. The molecule has 5 heteroatoms. The Balaban J connectivity index is 2.04. The van der Waals surface area contributed by atoms with Crippen LogP contribution in [0.1, 0.15) is 18.4 Å². The van der Waals surface area contributed by atoms with Crippen molar-refractivity contribution in [2.24, 2.45) is 0 Å². The molecule has 1 heterocycles. The molecule has 2 rings (SSSR count). The van der Waals surface area contributed by atoms with Gasteiger partial charge < -0.3 is 10.4 Å². The van der Waals surface area contributed by atoms with E-state index in [-0.39, 0.29) is 0 Å². The number of aryl methyl sites for hydroxylation is 1. The molecule has 0 amide bonds. The first-order valence-corrected chi connectivity index (χ1v) is 7.12. The molecule has 2 N–H and O–H groups in total. The Morgan fingerprint density at radius 2 is 1.94 bits per heavy atom. The van der Waals surface area contributed by atoms with Gasteiger partial charge in [0.1, 0.15) is 0 Å². The average Bonchev–Trinajstić information content (AvgIpc) is 2.32. The maximum atomic E-state index is 3.65. The molecule has 3 nitrogen and oxygen atoms in total. The van der Waals surface area contributed by atoms with E-state index in [1.165, 1.54) is 24.1 Å². The minimum absolute atomic E-state index is 0.589. The average molecular weight is 269 g/mol. The molecule has 2 atom stereocenters. The summed E-state index contributed by atoms with van der Waals surface area (Å²) in [5.74, 6) is 0. The van der Waals surface area contributed by atoms with Crippen molar-refractivity contribution < 1.29 is 0 Å². The maximum Gasteiger partial charge on any atom is 0.0604 e. The van der Waals surface area contributed by atoms with E-state index < -0.39 is 0 Å². The van der Waals surface area contributed by atoms with Crippen LogP contribution in [0.5, 0.6) is 0 Å². The predicted molar refractivity (Wildman–Crippen MR) is 82.4 cm³/mol. The van der Waals surface area contributed by atoms with Crippen LogP contribution in [0.3, 0.4) is 0 Å². The molecule has 0 bridgehead atoms. The normalized spacial score (nSPS) is 18.1. The third kappa shape index (κ3) is 3.55. The molecule has 0 spiro atoms. The van der Waals surface area contributed by atoms with Crippen LogP contribution in [0.4, 0.5) is 11.4 Å². The minimum atomic E-state index is 0.589. The monoisotopic (exact) mass is 269 g/mol. The molecule has 1 aliphatic rings. The van der Waals surface area contributed by atoms with Gasteiger partial charge in [-0.15, -0.1) is 0 Å². The van der Waals surface area contributed by atoms with E-state index >= 15 is 0 Å². The van der Waals surface area contributed by atoms with Crippen molar-refractivity contribution >= 4 is 30.2 Å². The molecule has 1 fully saturated rings. The summed E-state index contributed by atoms with van der Waals surface area (Å²) >= 11 is 0. The smallest absolute Gasteiger partial charge is 0.0604 e. The Bertz CT molecular complexity index is 376. The van der Waals surface area contributed by atoms with Gasteiger partial charge in [-0.05, 0) is 46.9 Å². The van der Waals surface area contributed by atoms with Gasteiger partial charge in [0.15, 0.2) is 0 Å². The number of hydrogen-bond donors (Lipinski definition) is 2. The zero-order chi connectivity index (χ0) is 12.3. The highest BCUT2D eigenvalue weighted by Crippen LogP contribution is 2.27. The highest BCUT2D eigenvalue weighted by Gasteiger charge is 2.17. The molecule has 1 aromatic rings. The quantitative estimate of drug-likeness (QED) is 0.826. The number of piperidine rings is 1. The molecule has 17 heavy (non-hydrogen) atoms. The van der Waals surface area contributed by atoms with E-state index in [1.54, 1.807) is 0 Å². The topological polar surface area (TPSA) is 27.3 Å². The third-order valence-corrected chi connectivity index (χ3v) is 4.05. The Labute approximate surface area is 108 Å². The summed E-state index contributed by atoms with van der Waals surface area (Å²) in [5, 5.41) is 6.81. The molecule has 2 unspecified atom stereocenters. The van der Waals surface area contributed by atoms with E-state index in [9.17, 15) is 0 Å². The lowest BCUT2D eigenvalue weighted by atomic mass is 10.1. The van der Waals surface area contributed by atoms with Crippen molar-refractivity contribution in [1.29, 1.82) is 0 Å². The largest absolute Gasteiger partial charge is 0.381 e. The molecule has 0 radical (unpaired) electrons. The SMILES string of the molecule is Cc1ccc(NP)c(NC2CCN(P)CC2)c1. The lowest BCUT2D eigenvalue weighted by molar-refractivity contribution is 0.357. The fraction of sp³-hybridized carbons (Fsp3) is 0.500. The summed E-state index contributed by atoms with van der Waals surface area (Å²) in [4.78, 5) is 0. The Hall–Kier alpha value is -0.360. The van der Waals surface area contributed by atoms with E-state index in [1.807, 2.05) is 0 Å². The number of anilines is 2. The van der Waals surface area contributed by atoms with E-state index in [4.69, 9.17) is 0 Å². The molecular formula is C12H21N3P2. The first-order valence-electron chi connectivity index (χ1n) is 6.02. The summed E-state index contributed by atoms with van der Waals surface area (Å²) in [6.07, 6.45) is 2.40. The fourth-order valence-electron chi connectivity index (χ4n) is 2.17. The number of rotatable bonds is 3. The van der Waals surface area contributed by atoms with Gasteiger partial charge in [-0.2, -0.15) is 0 Å². The van der Waals surface area contributed by atoms with Gasteiger partial charge in [-0.3, -0.25) is 4.67 Å². The Morgan fingerprint density at radius 3 is 2.59 bits per heavy atom. The van der Waals surface area contributed by atoms with E-state index in [0.717, 1.165) is 18.8 Å². The molecule has 94 valence electrons. The van der Waals surface area contributed by atoms with Gasteiger partial charge in [-0.25, -0.2) is 0 Å². The summed E-state index contributed by atoms with van der Waals surface area (Å²) in [7, 11) is 5.35.